The Bertz CT molecular complexity index is 1180. The summed E-state index contributed by atoms with van der Waals surface area (Å²) >= 11 is 2.44. The van der Waals surface area contributed by atoms with E-state index in [1.807, 2.05) is 0 Å². The number of amides is 2. The van der Waals surface area contributed by atoms with Gasteiger partial charge in [-0.25, -0.2) is 4.68 Å². The maximum atomic E-state index is 12.9. The van der Waals surface area contributed by atoms with E-state index < -0.39 is 29.2 Å². The normalized spacial score (nSPS) is 20.4. The summed E-state index contributed by atoms with van der Waals surface area (Å²) < 4.78 is 1.87. The number of aryl methyl sites for hydroxylation is 1. The van der Waals surface area contributed by atoms with E-state index in [0.29, 0.717) is 26.9 Å². The summed E-state index contributed by atoms with van der Waals surface area (Å²) in [5.41, 5.74) is 6.35. The molecule has 0 spiro atoms. The Labute approximate surface area is 200 Å². The van der Waals surface area contributed by atoms with Crippen molar-refractivity contribution in [2.75, 3.05) is 24.3 Å². The Kier molecular flexibility index (Phi) is 6.73. The summed E-state index contributed by atoms with van der Waals surface area (Å²) in [6.45, 7) is 0. The Balaban J connectivity index is 1.49. The fourth-order valence-electron chi connectivity index (χ4n) is 3.19. The van der Waals surface area contributed by atoms with E-state index >= 15 is 0 Å². The number of rotatable bonds is 8. The first-order valence-electron chi connectivity index (χ1n) is 9.20. The molecule has 1 fully saturated rings. The molecule has 0 aliphatic carbocycles. The van der Waals surface area contributed by atoms with Crippen molar-refractivity contribution < 1.29 is 24.3 Å². The number of nitrogens with zero attached hydrogens (tertiary/aromatic N) is 7. The zero-order chi connectivity index (χ0) is 23.7. The minimum atomic E-state index is -1.21. The number of β-lactam (4-membered cyclic amide) rings is 1. The van der Waals surface area contributed by atoms with Crippen molar-refractivity contribution in [3.05, 3.63) is 21.9 Å². The van der Waals surface area contributed by atoms with E-state index in [9.17, 15) is 19.5 Å². The predicted molar refractivity (Wildman–Crippen MR) is 118 cm³/mol. The third-order valence-corrected chi connectivity index (χ3v) is 8.51. The summed E-state index contributed by atoms with van der Waals surface area (Å²) in [6.07, 6.45) is 0. The minimum absolute atomic E-state index is 0.0822. The molecule has 2 aliphatic heterocycles. The van der Waals surface area contributed by atoms with E-state index in [1.165, 1.54) is 40.2 Å². The van der Waals surface area contributed by atoms with E-state index in [2.05, 4.69) is 31.0 Å². The number of carboxylic acids is 1. The standard InChI is InChI=1S/C16H17N9O5S2Se/c1-24-16(20-22-23-24)32-4-6-3-31-13-9(12(27)25(13)10(6)14(28)29)19-11(26)8(21-30-2)7-5-33-15(17)18-7/h5,9,13H,3-4H2,1-2H3,(H2,17,18)(H,19,26)(H,28,29)/b21-8-/t9-,13-/m1/s1. The van der Waals surface area contributed by atoms with E-state index in [1.54, 1.807) is 12.0 Å². The first-order valence-corrected chi connectivity index (χ1v) is 13.1. The Morgan fingerprint density at radius 1 is 1.52 bits per heavy atom. The van der Waals surface area contributed by atoms with Crippen LogP contribution in [-0.4, -0.2) is 103 Å². The van der Waals surface area contributed by atoms with Crippen molar-refractivity contribution in [1.82, 2.24) is 35.4 Å². The van der Waals surface area contributed by atoms with E-state index in [0.717, 1.165) is 0 Å². The number of anilines is 1. The maximum absolute atomic E-state index is 12.9. The third-order valence-electron chi connectivity index (χ3n) is 4.66. The van der Waals surface area contributed by atoms with Crippen molar-refractivity contribution in [3.8, 4) is 0 Å². The molecule has 2 atom stereocenters. The summed E-state index contributed by atoms with van der Waals surface area (Å²) in [6, 6.07) is -0.912. The van der Waals surface area contributed by atoms with Crippen molar-refractivity contribution >= 4 is 66.2 Å². The predicted octanol–water partition coefficient (Wildman–Crippen LogP) is -1.87. The number of tetrazole rings is 1. The van der Waals surface area contributed by atoms with Gasteiger partial charge in [-0.2, -0.15) is 0 Å². The topological polar surface area (TPSA) is 191 Å². The van der Waals surface area contributed by atoms with Gasteiger partial charge >= 0.3 is 169 Å². The average molecular weight is 558 g/mol. The number of thioether (sulfide) groups is 2. The molecule has 33 heavy (non-hydrogen) atoms. The van der Waals surface area contributed by atoms with Crippen LogP contribution in [0, 0.1) is 0 Å². The molecular weight excluding hydrogens is 541 g/mol. The molecule has 2 aromatic rings. The number of aliphatic carboxylic acids is 1. The Hall–Kier alpha value is -2.88. The van der Waals surface area contributed by atoms with Gasteiger partial charge in [-0.15, -0.1) is 5.10 Å². The first-order chi connectivity index (χ1) is 15.8. The number of hydrogen-bond donors (Lipinski definition) is 3. The van der Waals surface area contributed by atoms with Crippen LogP contribution >= 0.6 is 23.5 Å². The monoisotopic (exact) mass is 559 g/mol. The van der Waals surface area contributed by atoms with Gasteiger partial charge in [0.25, 0.3) is 0 Å². The van der Waals surface area contributed by atoms with Crippen LogP contribution in [0.2, 0.25) is 0 Å². The molecule has 0 aromatic carbocycles. The van der Waals surface area contributed by atoms with Crippen LogP contribution in [-0.2, 0) is 26.3 Å². The number of aromatic nitrogens is 5. The van der Waals surface area contributed by atoms with Crippen LogP contribution in [0.15, 0.2) is 26.5 Å². The summed E-state index contributed by atoms with van der Waals surface area (Å²) in [5, 5.41) is 27.2. The molecule has 0 bridgehead atoms. The molecule has 0 unspecified atom stereocenters. The Morgan fingerprint density at radius 2 is 2.30 bits per heavy atom. The zero-order valence-corrected chi connectivity index (χ0v) is 20.5. The number of nitrogen functional groups attached to an aromatic ring is 1. The summed E-state index contributed by atoms with van der Waals surface area (Å²) in [4.78, 5) is 49.4. The molecular formula is C16H17N9O5S2Se. The number of carbonyl (C=O) groups excluding carboxylic acids is 2. The molecule has 17 heteroatoms. The molecule has 0 saturated carbocycles. The van der Waals surface area contributed by atoms with Crippen LogP contribution in [0.3, 0.4) is 0 Å². The van der Waals surface area contributed by atoms with E-state index in [4.69, 9.17) is 10.6 Å². The van der Waals surface area contributed by atoms with Crippen molar-refractivity contribution in [3.63, 3.8) is 0 Å². The second kappa shape index (κ2) is 9.54. The van der Waals surface area contributed by atoms with Crippen molar-refractivity contribution in [2.45, 2.75) is 16.6 Å². The number of carbonyl (C=O) groups is 3. The average Bonchev–Trinajstić information content (AvgIpc) is 3.40. The fraction of sp³-hybridized carbons (Fsp3) is 0.375. The van der Waals surface area contributed by atoms with Gasteiger partial charge in [0.05, 0.1) is 0 Å². The molecule has 14 nitrogen and oxygen atoms in total. The molecule has 0 radical (unpaired) electrons. The fourth-order valence-corrected chi connectivity index (χ4v) is 6.68. The van der Waals surface area contributed by atoms with Crippen molar-refractivity contribution in [1.29, 1.82) is 0 Å². The molecule has 2 amide bonds. The van der Waals surface area contributed by atoms with Crippen LogP contribution in [0.25, 0.3) is 0 Å². The van der Waals surface area contributed by atoms with Crippen LogP contribution < -0.4 is 11.1 Å². The number of fused-ring (bicyclic) bond motifs is 1. The quantitative estimate of drug-likeness (QED) is 0.108. The molecule has 2 aromatic heterocycles. The summed E-state index contributed by atoms with van der Waals surface area (Å²) in [5.74, 6) is -1.72. The van der Waals surface area contributed by atoms with Gasteiger partial charge in [-0.3, -0.25) is 0 Å². The van der Waals surface area contributed by atoms with Gasteiger partial charge < -0.3 is 0 Å². The van der Waals surface area contributed by atoms with Crippen molar-refractivity contribution in [2.24, 2.45) is 12.2 Å². The molecule has 1 saturated heterocycles. The Morgan fingerprint density at radius 3 is 2.91 bits per heavy atom. The molecule has 2 aliphatic rings. The van der Waals surface area contributed by atoms with E-state index in [-0.39, 0.29) is 31.6 Å². The first kappa shape index (κ1) is 23.3. The number of nitrogens with two attached hydrogens (primary N) is 1. The molecule has 4 rings (SSSR count). The zero-order valence-electron chi connectivity index (χ0n) is 17.2. The number of carboxylic acid groups (broad SMARTS) is 1. The SMILES string of the molecule is CO/N=C(\C(=O)N[C@@H]1C(=O)N2C(C(=O)O)=C(CSc3nnnn3C)CS[C@H]12)c1c[se]c(N)n1. The molecule has 4 heterocycles. The third kappa shape index (κ3) is 4.48. The number of hydrogen-bond acceptors (Lipinski definition) is 12. The van der Waals surface area contributed by atoms with Crippen LogP contribution in [0.1, 0.15) is 5.69 Å². The second-order valence-electron chi connectivity index (χ2n) is 6.69. The van der Waals surface area contributed by atoms with Gasteiger partial charge in [0.2, 0.25) is 5.16 Å². The second-order valence-corrected chi connectivity index (χ2v) is 10.6. The number of oxime groups is 1. The molecule has 174 valence electrons. The molecule has 4 N–H and O–H groups in total. The van der Waals surface area contributed by atoms with Crippen LogP contribution in [0.5, 0.6) is 0 Å². The van der Waals surface area contributed by atoms with Gasteiger partial charge in [0, 0.05) is 7.05 Å². The van der Waals surface area contributed by atoms with Gasteiger partial charge in [0.1, 0.15) is 0 Å². The van der Waals surface area contributed by atoms with Gasteiger partial charge in [-0.05, 0) is 10.4 Å². The van der Waals surface area contributed by atoms with Crippen LogP contribution in [0.4, 0.5) is 4.69 Å². The number of nitrogens with one attached hydrogen (secondary N) is 1. The summed E-state index contributed by atoms with van der Waals surface area (Å²) in [7, 11) is 2.96. The van der Waals surface area contributed by atoms with Gasteiger partial charge in [-0.1, -0.05) is 0 Å². The van der Waals surface area contributed by atoms with Gasteiger partial charge in [0.15, 0.2) is 0 Å².